The normalized spacial score (nSPS) is 24.2. The minimum Gasteiger partial charge on any atom is -0.493 e. The molecule has 1 aliphatic heterocycles. The molecule has 0 aromatic heterocycles. The number of nitrogens with zero attached hydrogens (tertiary/aromatic N) is 1. The lowest BCUT2D eigenvalue weighted by Gasteiger charge is -2.33. The topological polar surface area (TPSA) is 97.0 Å². The number of urea groups is 1. The largest absolute Gasteiger partial charge is 0.493 e. The number of amides is 4. The summed E-state index contributed by atoms with van der Waals surface area (Å²) in [6, 6.07) is 4.89. The molecule has 2 fully saturated rings. The highest BCUT2D eigenvalue weighted by molar-refractivity contribution is 6.09. The Bertz CT molecular complexity index is 771. The van der Waals surface area contributed by atoms with Gasteiger partial charge in [-0.05, 0) is 37.7 Å². The number of methoxy groups -OCH3 is 2. The van der Waals surface area contributed by atoms with Crippen molar-refractivity contribution in [3.05, 3.63) is 23.8 Å². The fourth-order valence-corrected chi connectivity index (χ4v) is 3.90. The molecule has 1 saturated heterocycles. The highest BCUT2D eigenvalue weighted by Gasteiger charge is 2.52. The molecule has 0 radical (unpaired) electrons. The predicted octanol–water partition coefficient (Wildman–Crippen LogP) is 1.82. The van der Waals surface area contributed by atoms with Crippen molar-refractivity contribution in [2.24, 2.45) is 5.92 Å². The Balaban J connectivity index is 1.61. The van der Waals surface area contributed by atoms with Crippen LogP contribution in [0, 0.1) is 5.92 Å². The fourth-order valence-electron chi connectivity index (χ4n) is 3.90. The standard InChI is InChI=1S/C20H27N3O5/c1-13-7-9-20(10-8-13)18(25)23(19(26)22-20)12-16(24)21-11-14-5-4-6-15(27-2)17(14)28-3/h4-6,13H,7-12H2,1-3H3,(H,21,24)(H,22,26). The maximum atomic E-state index is 12.8. The van der Waals surface area contributed by atoms with Crippen LogP contribution in [0.1, 0.15) is 38.2 Å². The third kappa shape index (κ3) is 3.76. The Hall–Kier alpha value is -2.77. The molecule has 3 rings (SSSR count). The number of para-hydroxylation sites is 1. The summed E-state index contributed by atoms with van der Waals surface area (Å²) < 4.78 is 10.6. The number of hydrogen-bond donors (Lipinski definition) is 2. The van der Waals surface area contributed by atoms with Crippen LogP contribution in [0.15, 0.2) is 18.2 Å². The van der Waals surface area contributed by atoms with E-state index in [0.717, 1.165) is 23.3 Å². The van der Waals surface area contributed by atoms with Gasteiger partial charge in [0.1, 0.15) is 12.1 Å². The van der Waals surface area contributed by atoms with Gasteiger partial charge in [0, 0.05) is 12.1 Å². The molecule has 0 bridgehead atoms. The second-order valence-corrected chi connectivity index (χ2v) is 7.52. The van der Waals surface area contributed by atoms with Gasteiger partial charge in [-0.15, -0.1) is 0 Å². The zero-order valence-electron chi connectivity index (χ0n) is 16.5. The van der Waals surface area contributed by atoms with Gasteiger partial charge in [-0.1, -0.05) is 19.1 Å². The summed E-state index contributed by atoms with van der Waals surface area (Å²) in [7, 11) is 3.07. The maximum absolute atomic E-state index is 12.8. The molecular formula is C20H27N3O5. The summed E-state index contributed by atoms with van der Waals surface area (Å²) in [5, 5.41) is 5.57. The van der Waals surface area contributed by atoms with Gasteiger partial charge in [0.2, 0.25) is 5.91 Å². The molecule has 1 aliphatic carbocycles. The van der Waals surface area contributed by atoms with Gasteiger partial charge >= 0.3 is 6.03 Å². The second-order valence-electron chi connectivity index (χ2n) is 7.52. The van der Waals surface area contributed by atoms with Crippen LogP contribution in [-0.4, -0.2) is 49.0 Å². The summed E-state index contributed by atoms with van der Waals surface area (Å²) in [5.41, 5.74) is -0.0926. The molecule has 2 aliphatic rings. The summed E-state index contributed by atoms with van der Waals surface area (Å²) in [6.45, 7) is 2.05. The Morgan fingerprint density at radius 3 is 2.61 bits per heavy atom. The quantitative estimate of drug-likeness (QED) is 0.724. The zero-order chi connectivity index (χ0) is 20.3. The van der Waals surface area contributed by atoms with E-state index < -0.39 is 17.5 Å². The SMILES string of the molecule is COc1cccc(CNC(=O)CN2C(=O)NC3(CCC(C)CC3)C2=O)c1OC. The van der Waals surface area contributed by atoms with E-state index in [0.29, 0.717) is 30.3 Å². The van der Waals surface area contributed by atoms with E-state index in [1.54, 1.807) is 19.2 Å². The average molecular weight is 389 g/mol. The number of imide groups is 1. The van der Waals surface area contributed by atoms with Gasteiger partial charge in [-0.25, -0.2) is 4.79 Å². The number of benzene rings is 1. The summed E-state index contributed by atoms with van der Waals surface area (Å²) in [5.74, 6) is 0.950. The molecule has 2 N–H and O–H groups in total. The first kappa shape index (κ1) is 20.0. The Kier molecular flexibility index (Phi) is 5.76. The molecule has 8 heteroatoms. The molecule has 1 spiro atoms. The number of carbonyl (C=O) groups excluding carboxylic acids is 3. The minimum atomic E-state index is -0.833. The number of hydrogen-bond acceptors (Lipinski definition) is 5. The Morgan fingerprint density at radius 1 is 1.25 bits per heavy atom. The van der Waals surface area contributed by atoms with Crippen LogP contribution in [-0.2, 0) is 16.1 Å². The molecule has 1 aromatic carbocycles. The van der Waals surface area contributed by atoms with Crippen LogP contribution in [0.3, 0.4) is 0 Å². The summed E-state index contributed by atoms with van der Waals surface area (Å²) in [4.78, 5) is 38.5. The van der Waals surface area contributed by atoms with Crippen LogP contribution in [0.25, 0.3) is 0 Å². The lowest BCUT2D eigenvalue weighted by Crippen LogP contribution is -2.49. The third-order valence-corrected chi connectivity index (χ3v) is 5.64. The lowest BCUT2D eigenvalue weighted by atomic mass is 9.77. The monoisotopic (exact) mass is 389 g/mol. The Morgan fingerprint density at radius 2 is 1.96 bits per heavy atom. The zero-order valence-corrected chi connectivity index (χ0v) is 16.5. The van der Waals surface area contributed by atoms with Crippen molar-refractivity contribution in [3.8, 4) is 11.5 Å². The second kappa shape index (κ2) is 8.08. The van der Waals surface area contributed by atoms with Crippen molar-refractivity contribution >= 4 is 17.8 Å². The molecule has 0 unspecified atom stereocenters. The molecule has 1 aromatic rings. The molecule has 152 valence electrons. The molecule has 8 nitrogen and oxygen atoms in total. The van der Waals surface area contributed by atoms with E-state index in [1.165, 1.54) is 7.11 Å². The van der Waals surface area contributed by atoms with Gasteiger partial charge in [0.25, 0.3) is 5.91 Å². The number of ether oxygens (including phenoxy) is 2. The highest BCUT2D eigenvalue weighted by Crippen LogP contribution is 2.36. The van der Waals surface area contributed by atoms with Gasteiger partial charge in [-0.3, -0.25) is 14.5 Å². The van der Waals surface area contributed by atoms with E-state index in [-0.39, 0.29) is 19.0 Å². The Labute approximate surface area is 164 Å². The molecule has 1 heterocycles. The van der Waals surface area contributed by atoms with E-state index in [4.69, 9.17) is 9.47 Å². The van der Waals surface area contributed by atoms with Crippen LogP contribution in [0.2, 0.25) is 0 Å². The van der Waals surface area contributed by atoms with Crippen LogP contribution in [0.5, 0.6) is 11.5 Å². The van der Waals surface area contributed by atoms with Crippen molar-refractivity contribution in [2.45, 2.75) is 44.7 Å². The minimum absolute atomic E-state index is 0.200. The van der Waals surface area contributed by atoms with Crippen LogP contribution in [0.4, 0.5) is 4.79 Å². The molecule has 4 amide bonds. The van der Waals surface area contributed by atoms with Gasteiger partial charge in [0.15, 0.2) is 11.5 Å². The van der Waals surface area contributed by atoms with Gasteiger partial charge in [-0.2, -0.15) is 0 Å². The van der Waals surface area contributed by atoms with Crippen molar-refractivity contribution in [2.75, 3.05) is 20.8 Å². The van der Waals surface area contributed by atoms with E-state index in [9.17, 15) is 14.4 Å². The maximum Gasteiger partial charge on any atom is 0.325 e. The van der Waals surface area contributed by atoms with Gasteiger partial charge in [0.05, 0.1) is 14.2 Å². The number of nitrogens with one attached hydrogen (secondary N) is 2. The first-order valence-corrected chi connectivity index (χ1v) is 9.51. The first-order valence-electron chi connectivity index (χ1n) is 9.51. The highest BCUT2D eigenvalue weighted by atomic mass is 16.5. The smallest absolute Gasteiger partial charge is 0.325 e. The van der Waals surface area contributed by atoms with E-state index in [2.05, 4.69) is 17.6 Å². The molecule has 28 heavy (non-hydrogen) atoms. The molecule has 0 atom stereocenters. The van der Waals surface area contributed by atoms with Crippen LogP contribution >= 0.6 is 0 Å². The summed E-state index contributed by atoms with van der Waals surface area (Å²) in [6.07, 6.45) is 3.03. The van der Waals surface area contributed by atoms with Crippen molar-refractivity contribution in [1.82, 2.24) is 15.5 Å². The lowest BCUT2D eigenvalue weighted by molar-refractivity contribution is -0.136. The van der Waals surface area contributed by atoms with Crippen LogP contribution < -0.4 is 20.1 Å². The van der Waals surface area contributed by atoms with Gasteiger partial charge < -0.3 is 20.1 Å². The number of carbonyl (C=O) groups is 3. The third-order valence-electron chi connectivity index (χ3n) is 5.64. The van der Waals surface area contributed by atoms with Crippen molar-refractivity contribution in [3.63, 3.8) is 0 Å². The molecule has 1 saturated carbocycles. The first-order chi connectivity index (χ1) is 13.4. The van der Waals surface area contributed by atoms with E-state index >= 15 is 0 Å². The molecular weight excluding hydrogens is 362 g/mol. The predicted molar refractivity (Wildman–Crippen MR) is 102 cm³/mol. The number of rotatable bonds is 6. The van der Waals surface area contributed by atoms with E-state index in [1.807, 2.05) is 6.07 Å². The summed E-state index contributed by atoms with van der Waals surface area (Å²) >= 11 is 0. The average Bonchev–Trinajstić information content (AvgIpc) is 2.92. The van der Waals surface area contributed by atoms with Crippen molar-refractivity contribution in [1.29, 1.82) is 0 Å². The van der Waals surface area contributed by atoms with Crippen molar-refractivity contribution < 1.29 is 23.9 Å². The fraction of sp³-hybridized carbons (Fsp3) is 0.550.